The number of benzene rings is 1. The van der Waals surface area contributed by atoms with Crippen molar-refractivity contribution in [3.8, 4) is 5.75 Å². The normalized spacial score (nSPS) is 19.8. The predicted molar refractivity (Wildman–Crippen MR) is 77.9 cm³/mol. The maximum absolute atomic E-state index is 6.02. The minimum Gasteiger partial charge on any atom is -0.490 e. The molecular formula is C14H21BrN2O. The number of nitrogens with two attached hydrogens (primary N) is 1. The van der Waals surface area contributed by atoms with Crippen molar-refractivity contribution >= 4 is 15.9 Å². The van der Waals surface area contributed by atoms with E-state index in [1.54, 1.807) is 0 Å². The predicted octanol–water partition coefficient (Wildman–Crippen LogP) is 2.94. The van der Waals surface area contributed by atoms with E-state index in [4.69, 9.17) is 10.5 Å². The maximum Gasteiger partial charge on any atom is 0.120 e. The Morgan fingerprint density at radius 1 is 1.39 bits per heavy atom. The fourth-order valence-electron chi connectivity index (χ4n) is 2.25. The lowest BCUT2D eigenvalue weighted by Gasteiger charge is -2.29. The molecule has 0 spiro atoms. The largest absolute Gasteiger partial charge is 0.490 e. The number of ether oxygens (including phenoxy) is 1. The van der Waals surface area contributed by atoms with Crippen LogP contribution in [0, 0.1) is 0 Å². The Morgan fingerprint density at radius 3 is 2.61 bits per heavy atom. The third-order valence-electron chi connectivity index (χ3n) is 3.43. The SMILES string of the molecule is CC(N)c1ccc(OC2CCN(C)CC2)cc1Br. The molecule has 18 heavy (non-hydrogen) atoms. The highest BCUT2D eigenvalue weighted by Gasteiger charge is 2.18. The van der Waals surface area contributed by atoms with Gasteiger partial charge in [-0.3, -0.25) is 0 Å². The second-order valence-corrected chi connectivity index (χ2v) is 5.95. The van der Waals surface area contributed by atoms with Gasteiger partial charge in [0.25, 0.3) is 0 Å². The fourth-order valence-corrected chi connectivity index (χ4v) is 2.96. The number of nitrogens with zero attached hydrogens (tertiary/aromatic N) is 1. The van der Waals surface area contributed by atoms with Gasteiger partial charge in [0.15, 0.2) is 0 Å². The minimum absolute atomic E-state index is 0.0387. The van der Waals surface area contributed by atoms with Crippen molar-refractivity contribution in [2.24, 2.45) is 5.73 Å². The van der Waals surface area contributed by atoms with Crippen LogP contribution in [-0.4, -0.2) is 31.1 Å². The van der Waals surface area contributed by atoms with Crippen LogP contribution in [0.1, 0.15) is 31.4 Å². The molecule has 0 aromatic heterocycles. The summed E-state index contributed by atoms with van der Waals surface area (Å²) in [4.78, 5) is 2.34. The van der Waals surface area contributed by atoms with Gasteiger partial charge in [0.1, 0.15) is 11.9 Å². The summed E-state index contributed by atoms with van der Waals surface area (Å²) in [5.41, 5.74) is 7.00. The maximum atomic E-state index is 6.02. The molecular weight excluding hydrogens is 292 g/mol. The molecule has 1 atom stereocenters. The highest BCUT2D eigenvalue weighted by molar-refractivity contribution is 9.10. The van der Waals surface area contributed by atoms with Gasteiger partial charge in [-0.1, -0.05) is 22.0 Å². The molecule has 1 aromatic carbocycles. The van der Waals surface area contributed by atoms with Crippen LogP contribution in [0.4, 0.5) is 0 Å². The highest BCUT2D eigenvalue weighted by atomic mass is 79.9. The van der Waals surface area contributed by atoms with E-state index in [0.29, 0.717) is 6.10 Å². The van der Waals surface area contributed by atoms with Gasteiger partial charge in [-0.25, -0.2) is 0 Å². The van der Waals surface area contributed by atoms with Crippen molar-refractivity contribution in [1.29, 1.82) is 0 Å². The summed E-state index contributed by atoms with van der Waals surface area (Å²) >= 11 is 3.55. The van der Waals surface area contributed by atoms with Gasteiger partial charge in [-0.2, -0.15) is 0 Å². The van der Waals surface area contributed by atoms with Gasteiger partial charge in [-0.15, -0.1) is 0 Å². The topological polar surface area (TPSA) is 38.5 Å². The van der Waals surface area contributed by atoms with E-state index in [2.05, 4.69) is 27.9 Å². The first-order valence-electron chi connectivity index (χ1n) is 6.46. The standard InChI is InChI=1S/C14H21BrN2O/c1-10(16)13-4-3-12(9-14(13)15)18-11-5-7-17(2)8-6-11/h3-4,9-11H,5-8,16H2,1-2H3. The van der Waals surface area contributed by atoms with Crippen molar-refractivity contribution in [2.75, 3.05) is 20.1 Å². The van der Waals surface area contributed by atoms with Crippen LogP contribution in [0.2, 0.25) is 0 Å². The molecule has 2 N–H and O–H groups in total. The van der Waals surface area contributed by atoms with Crippen LogP contribution in [-0.2, 0) is 0 Å². The summed E-state index contributed by atoms with van der Waals surface area (Å²) in [7, 11) is 2.16. The molecule has 0 saturated carbocycles. The van der Waals surface area contributed by atoms with Crippen LogP contribution < -0.4 is 10.5 Å². The minimum atomic E-state index is 0.0387. The molecule has 2 rings (SSSR count). The van der Waals surface area contributed by atoms with Crippen molar-refractivity contribution in [1.82, 2.24) is 4.90 Å². The van der Waals surface area contributed by atoms with Crippen molar-refractivity contribution in [2.45, 2.75) is 31.9 Å². The summed E-state index contributed by atoms with van der Waals surface area (Å²) in [5, 5.41) is 0. The zero-order valence-electron chi connectivity index (χ0n) is 11.0. The number of likely N-dealkylation sites (tertiary alicyclic amines) is 1. The molecule has 1 unspecified atom stereocenters. The van der Waals surface area contributed by atoms with Crippen LogP contribution in [0.3, 0.4) is 0 Å². The second kappa shape index (κ2) is 6.04. The molecule has 0 bridgehead atoms. The van der Waals surface area contributed by atoms with Crippen LogP contribution in [0.15, 0.2) is 22.7 Å². The van der Waals surface area contributed by atoms with Gasteiger partial charge < -0.3 is 15.4 Å². The molecule has 1 aliphatic heterocycles. The van der Waals surface area contributed by atoms with E-state index in [0.717, 1.165) is 41.7 Å². The number of hydrogen-bond donors (Lipinski definition) is 1. The third kappa shape index (κ3) is 3.46. The van der Waals surface area contributed by atoms with E-state index in [-0.39, 0.29) is 6.04 Å². The summed E-state index contributed by atoms with van der Waals surface area (Å²) in [6.07, 6.45) is 2.54. The average molecular weight is 313 g/mol. The van der Waals surface area contributed by atoms with Gasteiger partial charge in [-0.05, 0) is 44.5 Å². The number of rotatable bonds is 3. The number of halogens is 1. The van der Waals surface area contributed by atoms with Crippen LogP contribution in [0.25, 0.3) is 0 Å². The molecule has 1 fully saturated rings. The Balaban J connectivity index is 2.00. The zero-order chi connectivity index (χ0) is 13.1. The molecule has 1 saturated heterocycles. The van der Waals surface area contributed by atoms with E-state index in [1.165, 1.54) is 0 Å². The van der Waals surface area contributed by atoms with Crippen molar-refractivity contribution in [3.63, 3.8) is 0 Å². The van der Waals surface area contributed by atoms with Gasteiger partial charge in [0.05, 0.1) is 0 Å². The first-order valence-corrected chi connectivity index (χ1v) is 7.26. The molecule has 1 aromatic rings. The van der Waals surface area contributed by atoms with Crippen LogP contribution >= 0.6 is 15.9 Å². The number of piperidine rings is 1. The molecule has 1 heterocycles. The third-order valence-corrected chi connectivity index (χ3v) is 4.12. The molecule has 0 aliphatic carbocycles. The van der Waals surface area contributed by atoms with E-state index in [9.17, 15) is 0 Å². The molecule has 4 heteroatoms. The molecule has 100 valence electrons. The molecule has 0 radical (unpaired) electrons. The number of hydrogen-bond acceptors (Lipinski definition) is 3. The Morgan fingerprint density at radius 2 is 2.06 bits per heavy atom. The zero-order valence-corrected chi connectivity index (χ0v) is 12.6. The van der Waals surface area contributed by atoms with Gasteiger partial charge in [0.2, 0.25) is 0 Å². The first-order chi connectivity index (χ1) is 8.56. The summed E-state index contributed by atoms with van der Waals surface area (Å²) in [6, 6.07) is 6.12. The van der Waals surface area contributed by atoms with Crippen molar-refractivity contribution in [3.05, 3.63) is 28.2 Å². The average Bonchev–Trinajstić information content (AvgIpc) is 2.32. The van der Waals surface area contributed by atoms with Crippen LogP contribution in [0.5, 0.6) is 5.75 Å². The summed E-state index contributed by atoms with van der Waals surface area (Å²) in [5.74, 6) is 0.931. The summed E-state index contributed by atoms with van der Waals surface area (Å²) < 4.78 is 7.05. The Hall–Kier alpha value is -0.580. The lowest BCUT2D eigenvalue weighted by atomic mass is 10.1. The lowest BCUT2D eigenvalue weighted by Crippen LogP contribution is -2.35. The fraction of sp³-hybridized carbons (Fsp3) is 0.571. The monoisotopic (exact) mass is 312 g/mol. The molecule has 3 nitrogen and oxygen atoms in total. The first kappa shape index (κ1) is 13.8. The lowest BCUT2D eigenvalue weighted by molar-refractivity contribution is 0.114. The van der Waals surface area contributed by atoms with Crippen molar-refractivity contribution < 1.29 is 4.74 Å². The highest BCUT2D eigenvalue weighted by Crippen LogP contribution is 2.28. The van der Waals surface area contributed by atoms with E-state index in [1.807, 2.05) is 25.1 Å². The van der Waals surface area contributed by atoms with Gasteiger partial charge in [0, 0.05) is 23.6 Å². The molecule has 0 amide bonds. The Bertz CT molecular complexity index is 401. The smallest absolute Gasteiger partial charge is 0.120 e. The van der Waals surface area contributed by atoms with Gasteiger partial charge >= 0.3 is 0 Å². The Labute approximate surface area is 117 Å². The second-order valence-electron chi connectivity index (χ2n) is 5.09. The van der Waals surface area contributed by atoms with E-state index < -0.39 is 0 Å². The Kier molecular flexibility index (Phi) is 4.65. The quantitative estimate of drug-likeness (QED) is 0.932. The summed E-state index contributed by atoms with van der Waals surface area (Å²) in [6.45, 7) is 4.21. The molecule has 1 aliphatic rings. The van der Waals surface area contributed by atoms with E-state index >= 15 is 0 Å².